The fraction of sp³-hybridized carbons (Fsp3) is 0. The molecular weight excluding hydrogens is 470 g/mol. The standard InChI is InChI=1S/C22H15NO8S2/c24-21(25)17-9-11-19(15-7-3-1-5-13(15)17)32(28,29)23-33(30,31)20-12-10-18(22(26)27)14-6-2-4-8-16(14)20/h1-12,23H,(H,24,25)(H,26,27). The third kappa shape index (κ3) is 3.93. The van der Waals surface area contributed by atoms with Gasteiger partial charge in [0.25, 0.3) is 20.0 Å². The third-order valence-corrected chi connectivity index (χ3v) is 8.65. The van der Waals surface area contributed by atoms with Crippen LogP contribution in [0, 0.1) is 0 Å². The first-order chi connectivity index (χ1) is 15.5. The molecule has 0 aromatic heterocycles. The molecule has 0 atom stereocenters. The van der Waals surface area contributed by atoms with Crippen LogP contribution in [-0.2, 0) is 20.0 Å². The minimum Gasteiger partial charge on any atom is -0.478 e. The summed E-state index contributed by atoms with van der Waals surface area (Å²) in [6, 6.07) is 15.9. The van der Waals surface area contributed by atoms with E-state index < -0.39 is 41.8 Å². The molecule has 4 rings (SSSR count). The number of aromatic carboxylic acids is 2. The predicted molar refractivity (Wildman–Crippen MR) is 119 cm³/mol. The number of rotatable bonds is 6. The van der Waals surface area contributed by atoms with Gasteiger partial charge in [-0.2, -0.15) is 0 Å². The summed E-state index contributed by atoms with van der Waals surface area (Å²) in [7, 11) is -9.35. The highest BCUT2D eigenvalue weighted by molar-refractivity contribution is 8.05. The zero-order valence-corrected chi connectivity index (χ0v) is 18.2. The molecule has 0 saturated carbocycles. The van der Waals surface area contributed by atoms with Gasteiger partial charge in [0.1, 0.15) is 0 Å². The fourth-order valence-corrected chi connectivity index (χ4v) is 6.92. The average molecular weight is 485 g/mol. The summed E-state index contributed by atoms with van der Waals surface area (Å²) < 4.78 is 54.1. The molecule has 0 radical (unpaired) electrons. The van der Waals surface area contributed by atoms with E-state index in [9.17, 15) is 36.6 Å². The van der Waals surface area contributed by atoms with Crippen molar-refractivity contribution in [3.8, 4) is 0 Å². The van der Waals surface area contributed by atoms with E-state index >= 15 is 0 Å². The molecule has 0 unspecified atom stereocenters. The Morgan fingerprint density at radius 3 is 1.21 bits per heavy atom. The number of carbonyl (C=O) groups is 2. The molecule has 0 heterocycles. The van der Waals surface area contributed by atoms with Crippen LogP contribution >= 0.6 is 0 Å². The monoisotopic (exact) mass is 485 g/mol. The van der Waals surface area contributed by atoms with Gasteiger partial charge in [0.05, 0.1) is 20.9 Å². The van der Waals surface area contributed by atoms with E-state index in [4.69, 9.17) is 0 Å². The number of benzene rings is 4. The van der Waals surface area contributed by atoms with Gasteiger partial charge in [0, 0.05) is 10.8 Å². The largest absolute Gasteiger partial charge is 0.478 e. The number of fused-ring (bicyclic) bond motifs is 2. The molecule has 0 aliphatic rings. The Kier molecular flexibility index (Phi) is 5.40. The summed E-state index contributed by atoms with van der Waals surface area (Å²) in [5.41, 5.74) is -0.273. The number of hydrogen-bond acceptors (Lipinski definition) is 6. The molecule has 0 bridgehead atoms. The van der Waals surface area contributed by atoms with Gasteiger partial charge in [-0.1, -0.05) is 48.5 Å². The van der Waals surface area contributed by atoms with Gasteiger partial charge in [0.2, 0.25) is 0 Å². The van der Waals surface area contributed by atoms with Gasteiger partial charge >= 0.3 is 11.9 Å². The minimum atomic E-state index is -4.68. The van der Waals surface area contributed by atoms with Crippen molar-refractivity contribution in [2.24, 2.45) is 0 Å². The van der Waals surface area contributed by atoms with Crippen LogP contribution in [0.2, 0.25) is 0 Å². The van der Waals surface area contributed by atoms with Gasteiger partial charge in [-0.3, -0.25) is 0 Å². The Labute approximate surface area is 188 Å². The maximum atomic E-state index is 13.1. The molecule has 0 saturated heterocycles. The van der Waals surface area contributed by atoms with Gasteiger partial charge in [-0.15, -0.1) is 4.13 Å². The summed E-state index contributed by atoms with van der Waals surface area (Å²) in [5.74, 6) is -2.53. The summed E-state index contributed by atoms with van der Waals surface area (Å²) in [6.45, 7) is 0. The second kappa shape index (κ2) is 7.96. The van der Waals surface area contributed by atoms with Crippen molar-refractivity contribution in [2.45, 2.75) is 9.79 Å². The first-order valence-corrected chi connectivity index (χ1v) is 12.3. The molecule has 0 spiro atoms. The normalized spacial score (nSPS) is 12.1. The van der Waals surface area contributed by atoms with Gasteiger partial charge in [0.15, 0.2) is 0 Å². The first-order valence-electron chi connectivity index (χ1n) is 9.31. The van der Waals surface area contributed by atoms with Crippen LogP contribution in [0.1, 0.15) is 20.7 Å². The lowest BCUT2D eigenvalue weighted by Gasteiger charge is -2.13. The summed E-state index contributed by atoms with van der Waals surface area (Å²) in [5, 5.41) is 19.1. The van der Waals surface area contributed by atoms with E-state index in [0.29, 0.717) is 0 Å². The summed E-state index contributed by atoms with van der Waals surface area (Å²) in [4.78, 5) is 22.1. The maximum Gasteiger partial charge on any atom is 0.336 e. The van der Waals surface area contributed by atoms with Crippen LogP contribution in [0.4, 0.5) is 0 Å². The Bertz CT molecular complexity index is 1550. The lowest BCUT2D eigenvalue weighted by atomic mass is 10.0. The van der Waals surface area contributed by atoms with Crippen molar-refractivity contribution >= 4 is 53.5 Å². The second-order valence-electron chi connectivity index (χ2n) is 7.01. The van der Waals surface area contributed by atoms with E-state index in [1.165, 1.54) is 48.5 Å². The van der Waals surface area contributed by atoms with Crippen LogP contribution in [0.3, 0.4) is 0 Å². The lowest BCUT2D eigenvalue weighted by molar-refractivity contribution is 0.0688. The molecule has 0 aliphatic heterocycles. The average Bonchev–Trinajstić information content (AvgIpc) is 2.76. The van der Waals surface area contributed by atoms with Crippen molar-refractivity contribution in [2.75, 3.05) is 0 Å². The Morgan fingerprint density at radius 1 is 0.545 bits per heavy atom. The van der Waals surface area contributed by atoms with E-state index in [-0.39, 0.29) is 32.7 Å². The predicted octanol–water partition coefficient (Wildman–Crippen LogP) is 3.06. The van der Waals surface area contributed by atoms with Crippen molar-refractivity contribution in [1.82, 2.24) is 4.13 Å². The minimum absolute atomic E-state index is 0.0335. The highest BCUT2D eigenvalue weighted by Crippen LogP contribution is 2.29. The molecular formula is C22H15NO8S2. The highest BCUT2D eigenvalue weighted by atomic mass is 32.3. The van der Waals surface area contributed by atoms with Gasteiger partial charge in [-0.05, 0) is 35.0 Å². The van der Waals surface area contributed by atoms with Crippen LogP contribution in [0.25, 0.3) is 21.5 Å². The Morgan fingerprint density at radius 2 is 0.879 bits per heavy atom. The van der Waals surface area contributed by atoms with Crippen LogP contribution in [-0.4, -0.2) is 39.0 Å². The molecule has 4 aromatic rings. The van der Waals surface area contributed by atoms with E-state index in [2.05, 4.69) is 0 Å². The first kappa shape index (κ1) is 22.4. The number of carboxylic acids is 2. The highest BCUT2D eigenvalue weighted by Gasteiger charge is 2.29. The molecule has 9 nitrogen and oxygen atoms in total. The molecule has 0 aliphatic carbocycles. The molecule has 0 fully saturated rings. The van der Waals surface area contributed by atoms with Gasteiger partial charge < -0.3 is 10.2 Å². The van der Waals surface area contributed by atoms with E-state index in [0.717, 1.165) is 24.3 Å². The second-order valence-corrected chi connectivity index (χ2v) is 10.6. The van der Waals surface area contributed by atoms with Crippen LogP contribution < -0.4 is 4.13 Å². The Hall–Kier alpha value is -3.80. The van der Waals surface area contributed by atoms with Crippen LogP contribution in [0.15, 0.2) is 82.6 Å². The van der Waals surface area contributed by atoms with Crippen molar-refractivity contribution in [1.29, 1.82) is 0 Å². The molecule has 168 valence electrons. The molecule has 11 heteroatoms. The Balaban J connectivity index is 1.87. The van der Waals surface area contributed by atoms with Crippen molar-refractivity contribution < 1.29 is 36.6 Å². The SMILES string of the molecule is O=C(O)c1ccc(S(=O)(=O)NS(=O)(=O)c2ccc(C(=O)O)c3ccccc23)c2ccccc12. The summed E-state index contributed by atoms with van der Waals surface area (Å²) >= 11 is 0. The van der Waals surface area contributed by atoms with E-state index in [1.807, 2.05) is 0 Å². The van der Waals surface area contributed by atoms with Crippen LogP contribution in [0.5, 0.6) is 0 Å². The van der Waals surface area contributed by atoms with E-state index in [1.54, 1.807) is 4.13 Å². The topological polar surface area (TPSA) is 155 Å². The van der Waals surface area contributed by atoms with Gasteiger partial charge in [-0.25, -0.2) is 26.4 Å². The summed E-state index contributed by atoms with van der Waals surface area (Å²) in [6.07, 6.45) is 0. The van der Waals surface area contributed by atoms with Crippen molar-refractivity contribution in [3.05, 3.63) is 83.9 Å². The number of hydrogen-bond donors (Lipinski definition) is 3. The molecule has 4 aromatic carbocycles. The van der Waals surface area contributed by atoms with Crippen molar-refractivity contribution in [3.63, 3.8) is 0 Å². The number of nitrogens with one attached hydrogen (secondary N) is 1. The zero-order valence-electron chi connectivity index (χ0n) is 16.6. The zero-order chi connectivity index (χ0) is 24.0. The number of sulfonamides is 2. The molecule has 0 amide bonds. The lowest BCUT2D eigenvalue weighted by Crippen LogP contribution is -2.31. The molecule has 33 heavy (non-hydrogen) atoms. The molecule has 3 N–H and O–H groups in total. The quantitative estimate of drug-likeness (QED) is 0.376. The fourth-order valence-electron chi connectivity index (χ4n) is 3.62. The number of carboxylic acid groups (broad SMARTS) is 2. The maximum absolute atomic E-state index is 13.1. The third-order valence-electron chi connectivity index (χ3n) is 5.03. The smallest absolute Gasteiger partial charge is 0.336 e.